The monoisotopic (exact) mass is 452 g/mol. The minimum atomic E-state index is 0.800. The maximum absolute atomic E-state index is 5.94. The molecule has 4 aromatic rings. The van der Waals surface area contributed by atoms with Crippen molar-refractivity contribution in [1.29, 1.82) is 0 Å². The van der Waals surface area contributed by atoms with Crippen LogP contribution >= 0.6 is 0 Å². The van der Waals surface area contributed by atoms with Gasteiger partial charge >= 0.3 is 0 Å². The summed E-state index contributed by atoms with van der Waals surface area (Å²) in [6.07, 6.45) is 1.91. The first-order valence-corrected chi connectivity index (χ1v) is 11.7. The normalized spacial score (nSPS) is 10.5. The highest BCUT2D eigenvalue weighted by molar-refractivity contribution is 5.74. The van der Waals surface area contributed by atoms with E-state index in [1.165, 1.54) is 44.5 Å². The number of hydrogen-bond donors (Lipinski definition) is 4. The summed E-state index contributed by atoms with van der Waals surface area (Å²) in [4.78, 5) is 0. The van der Waals surface area contributed by atoms with Crippen LogP contribution in [0.5, 0.6) is 0 Å². The fraction of sp³-hybridized carbons (Fsp3) is 0.200. The van der Waals surface area contributed by atoms with Gasteiger partial charge in [-0.2, -0.15) is 0 Å². The second-order valence-electron chi connectivity index (χ2n) is 8.68. The van der Waals surface area contributed by atoms with Crippen LogP contribution in [0.3, 0.4) is 0 Å². The van der Waals surface area contributed by atoms with Gasteiger partial charge in [0.2, 0.25) is 0 Å². The van der Waals surface area contributed by atoms with E-state index in [2.05, 4.69) is 64.1 Å². The van der Waals surface area contributed by atoms with Crippen LogP contribution in [-0.2, 0) is 12.8 Å². The van der Waals surface area contributed by atoms with E-state index in [1.807, 2.05) is 36.4 Å². The van der Waals surface area contributed by atoms with Crippen LogP contribution in [0.1, 0.15) is 36.1 Å². The molecule has 0 saturated heterocycles. The van der Waals surface area contributed by atoms with Crippen molar-refractivity contribution >= 4 is 22.7 Å². The number of nitrogen functional groups attached to an aromatic ring is 4. The molecule has 0 bridgehead atoms. The van der Waals surface area contributed by atoms with E-state index in [-0.39, 0.29) is 0 Å². The molecule has 0 amide bonds. The molecule has 34 heavy (non-hydrogen) atoms. The first-order chi connectivity index (χ1) is 16.2. The highest BCUT2D eigenvalue weighted by Crippen LogP contribution is 2.29. The number of aryl methyl sites for hydroxylation is 4. The van der Waals surface area contributed by atoms with E-state index in [0.29, 0.717) is 0 Å². The van der Waals surface area contributed by atoms with E-state index in [9.17, 15) is 0 Å². The summed E-state index contributed by atoms with van der Waals surface area (Å²) in [5, 5.41) is 0. The van der Waals surface area contributed by atoms with Crippen LogP contribution < -0.4 is 22.9 Å². The second kappa shape index (κ2) is 10.8. The SMILES string of the molecule is CCc1cc(-c2ccc(N)c(CC)c2)ccc1N.Cc1cc(N)ccc1-c1ccc(N)cc1C. The third kappa shape index (κ3) is 5.70. The van der Waals surface area contributed by atoms with Crippen LogP contribution in [0, 0.1) is 13.8 Å². The number of nitrogens with two attached hydrogens (primary N) is 4. The Morgan fingerprint density at radius 3 is 1.21 bits per heavy atom. The predicted octanol–water partition coefficient (Wildman–Crippen LogP) is 6.78. The minimum absolute atomic E-state index is 0.800. The topological polar surface area (TPSA) is 104 Å². The van der Waals surface area contributed by atoms with Crippen LogP contribution in [0.4, 0.5) is 22.7 Å². The maximum Gasteiger partial charge on any atom is 0.0346 e. The summed E-state index contributed by atoms with van der Waals surface area (Å²) in [5.41, 5.74) is 36.3. The van der Waals surface area contributed by atoms with Gasteiger partial charge in [-0.1, -0.05) is 38.1 Å². The van der Waals surface area contributed by atoms with Crippen molar-refractivity contribution in [3.8, 4) is 22.3 Å². The van der Waals surface area contributed by atoms with Gasteiger partial charge in [-0.05, 0) is 120 Å². The van der Waals surface area contributed by atoms with E-state index < -0.39 is 0 Å². The van der Waals surface area contributed by atoms with Crippen molar-refractivity contribution < 1.29 is 0 Å². The molecule has 0 spiro atoms. The Bertz CT molecular complexity index is 1190. The van der Waals surface area contributed by atoms with Gasteiger partial charge in [0, 0.05) is 22.7 Å². The van der Waals surface area contributed by atoms with Crippen LogP contribution in [0.25, 0.3) is 22.3 Å². The smallest absolute Gasteiger partial charge is 0.0346 e. The zero-order valence-corrected chi connectivity index (χ0v) is 20.7. The number of anilines is 4. The number of benzene rings is 4. The average molecular weight is 453 g/mol. The van der Waals surface area contributed by atoms with E-state index in [1.54, 1.807) is 0 Å². The molecule has 4 heteroatoms. The van der Waals surface area contributed by atoms with Crippen molar-refractivity contribution in [3.63, 3.8) is 0 Å². The fourth-order valence-electron chi connectivity index (χ4n) is 4.16. The molecule has 0 aliphatic rings. The lowest BCUT2D eigenvalue weighted by atomic mass is 9.96. The van der Waals surface area contributed by atoms with Gasteiger partial charge < -0.3 is 22.9 Å². The van der Waals surface area contributed by atoms with E-state index >= 15 is 0 Å². The maximum atomic E-state index is 5.94. The summed E-state index contributed by atoms with van der Waals surface area (Å²) in [5.74, 6) is 0. The lowest BCUT2D eigenvalue weighted by molar-refractivity contribution is 1.14. The summed E-state index contributed by atoms with van der Waals surface area (Å²) in [6.45, 7) is 8.38. The third-order valence-corrected chi connectivity index (χ3v) is 6.17. The second-order valence-corrected chi connectivity index (χ2v) is 8.68. The standard InChI is InChI=1S/C16H20N2.C14H16N2/c1-3-11-9-13(5-7-15(11)17)14-6-8-16(18)12(4-2)10-14;1-9-7-11(15)3-5-13(9)14-6-4-12(16)8-10(14)2/h5-10H,3-4,17-18H2,1-2H3;3-8H,15-16H2,1-2H3. The Balaban J connectivity index is 0.000000192. The van der Waals surface area contributed by atoms with E-state index in [4.69, 9.17) is 22.9 Å². The summed E-state index contributed by atoms with van der Waals surface area (Å²) >= 11 is 0. The Labute approximate surface area is 203 Å². The lowest BCUT2D eigenvalue weighted by Crippen LogP contribution is -1.95. The number of hydrogen-bond acceptors (Lipinski definition) is 4. The Kier molecular flexibility index (Phi) is 7.85. The Morgan fingerprint density at radius 2 is 0.882 bits per heavy atom. The summed E-state index contributed by atoms with van der Waals surface area (Å²) in [6, 6.07) is 24.4. The van der Waals surface area contributed by atoms with Gasteiger partial charge in [0.15, 0.2) is 0 Å². The molecule has 0 aliphatic carbocycles. The van der Waals surface area contributed by atoms with Crippen LogP contribution in [0.2, 0.25) is 0 Å². The highest BCUT2D eigenvalue weighted by Gasteiger charge is 2.06. The van der Waals surface area contributed by atoms with Crippen molar-refractivity contribution in [2.24, 2.45) is 0 Å². The number of rotatable bonds is 4. The molecule has 0 radical (unpaired) electrons. The van der Waals surface area contributed by atoms with Gasteiger partial charge in [0.25, 0.3) is 0 Å². The van der Waals surface area contributed by atoms with Crippen LogP contribution in [-0.4, -0.2) is 0 Å². The van der Waals surface area contributed by atoms with Crippen LogP contribution in [0.15, 0.2) is 72.8 Å². The minimum Gasteiger partial charge on any atom is -0.399 e. The van der Waals surface area contributed by atoms with Gasteiger partial charge in [0.05, 0.1) is 0 Å². The molecule has 0 aliphatic heterocycles. The summed E-state index contributed by atoms with van der Waals surface area (Å²) < 4.78 is 0. The molecule has 4 aromatic carbocycles. The molecule has 8 N–H and O–H groups in total. The molecular formula is C30H36N4. The molecule has 0 atom stereocenters. The molecule has 4 rings (SSSR count). The molecular weight excluding hydrogens is 416 g/mol. The Hall–Kier alpha value is -3.92. The first kappa shape index (κ1) is 24.7. The van der Waals surface area contributed by atoms with Crippen molar-refractivity contribution in [3.05, 3.63) is 95.1 Å². The molecule has 0 unspecified atom stereocenters. The molecule has 0 aromatic heterocycles. The van der Waals surface area contributed by atoms with Crippen molar-refractivity contribution in [1.82, 2.24) is 0 Å². The van der Waals surface area contributed by atoms with Gasteiger partial charge in [-0.25, -0.2) is 0 Å². The summed E-state index contributed by atoms with van der Waals surface area (Å²) in [7, 11) is 0. The zero-order chi connectivity index (χ0) is 24.8. The van der Waals surface area contributed by atoms with Gasteiger partial charge in [-0.3, -0.25) is 0 Å². The fourth-order valence-corrected chi connectivity index (χ4v) is 4.16. The lowest BCUT2D eigenvalue weighted by Gasteiger charge is -2.10. The third-order valence-electron chi connectivity index (χ3n) is 6.17. The predicted molar refractivity (Wildman–Crippen MR) is 150 cm³/mol. The molecule has 176 valence electrons. The molecule has 4 nitrogen and oxygen atoms in total. The molecule has 0 saturated carbocycles. The largest absolute Gasteiger partial charge is 0.399 e. The molecule has 0 heterocycles. The van der Waals surface area contributed by atoms with E-state index in [0.717, 1.165) is 35.6 Å². The first-order valence-electron chi connectivity index (χ1n) is 11.7. The van der Waals surface area contributed by atoms with Gasteiger partial charge in [0.1, 0.15) is 0 Å². The van der Waals surface area contributed by atoms with Crippen molar-refractivity contribution in [2.75, 3.05) is 22.9 Å². The quantitative estimate of drug-likeness (QED) is 0.256. The average Bonchev–Trinajstić information content (AvgIpc) is 2.81. The Morgan fingerprint density at radius 1 is 0.500 bits per heavy atom. The van der Waals surface area contributed by atoms with Crippen molar-refractivity contribution in [2.45, 2.75) is 40.5 Å². The molecule has 0 fully saturated rings. The zero-order valence-electron chi connectivity index (χ0n) is 20.7. The highest BCUT2D eigenvalue weighted by atomic mass is 14.6. The van der Waals surface area contributed by atoms with Gasteiger partial charge in [-0.15, -0.1) is 0 Å².